The molecule has 31 heavy (non-hydrogen) atoms. The van der Waals surface area contributed by atoms with Crippen LogP contribution in [0.25, 0.3) is 0 Å². The van der Waals surface area contributed by atoms with Gasteiger partial charge in [-0.25, -0.2) is 0 Å². The minimum absolute atomic E-state index is 0.0454. The number of carbonyl (C=O) groups is 1. The molecule has 2 aliphatic carbocycles. The number of nitrogens with zero attached hydrogens (tertiary/aromatic N) is 2. The van der Waals surface area contributed by atoms with Crippen molar-refractivity contribution >= 4 is 11.7 Å². The number of aryl methyl sites for hydroxylation is 2. The van der Waals surface area contributed by atoms with Crippen LogP contribution in [0.1, 0.15) is 57.1 Å². The largest absolute Gasteiger partial charge is 0.462 e. The summed E-state index contributed by atoms with van der Waals surface area (Å²) in [6.07, 6.45) is 6.02. The molecule has 0 unspecified atom stereocenters. The van der Waals surface area contributed by atoms with E-state index in [1.54, 1.807) is 11.1 Å². The summed E-state index contributed by atoms with van der Waals surface area (Å²) in [5.41, 5.74) is 7.54. The van der Waals surface area contributed by atoms with Gasteiger partial charge in [-0.15, -0.1) is 0 Å². The van der Waals surface area contributed by atoms with Crippen LogP contribution >= 0.6 is 0 Å². The fraction of sp³-hybridized carbons (Fsp3) is 0.667. The molecule has 0 N–H and O–H groups in total. The fourth-order valence-electron chi connectivity index (χ4n) is 6.83. The van der Waals surface area contributed by atoms with Crippen molar-refractivity contribution in [3.63, 3.8) is 0 Å². The number of rotatable bonds is 3. The summed E-state index contributed by atoms with van der Waals surface area (Å²) in [6, 6.07) is 6.73. The van der Waals surface area contributed by atoms with E-state index in [4.69, 9.17) is 4.74 Å². The second-order valence-corrected chi connectivity index (χ2v) is 10.9. The summed E-state index contributed by atoms with van der Waals surface area (Å²) < 4.78 is 5.99. The summed E-state index contributed by atoms with van der Waals surface area (Å²) in [4.78, 5) is 17.9. The number of anilines is 1. The van der Waals surface area contributed by atoms with Gasteiger partial charge in [0.1, 0.15) is 6.10 Å². The summed E-state index contributed by atoms with van der Waals surface area (Å²) in [6.45, 7) is 14.1. The molecule has 4 aliphatic rings. The summed E-state index contributed by atoms with van der Waals surface area (Å²) >= 11 is 0. The molecule has 2 heterocycles. The topological polar surface area (TPSA) is 32.8 Å². The standard InChI is InChI=1S/C27H38N2O2/c1-18-7-8-20(3)24(14-18)29-12-10-28(11-13-29)17-22-21-15-23-19(2)6-5-9-27(23,4)16-25(21)31-26(22)30/h7-8,14,21-22,25H,5-6,9-13,15-17H2,1-4H3/t21-,22-,25-,27-/m1/s1. The third-order valence-corrected chi connectivity index (χ3v) is 8.71. The van der Waals surface area contributed by atoms with Crippen LogP contribution in [0.3, 0.4) is 0 Å². The van der Waals surface area contributed by atoms with Crippen molar-refractivity contribution < 1.29 is 9.53 Å². The van der Waals surface area contributed by atoms with E-state index in [9.17, 15) is 4.79 Å². The molecule has 0 bridgehead atoms. The van der Waals surface area contributed by atoms with Crippen molar-refractivity contribution in [3.05, 3.63) is 40.5 Å². The number of allylic oxidation sites excluding steroid dienone is 2. The van der Waals surface area contributed by atoms with E-state index in [-0.39, 0.29) is 23.4 Å². The fourth-order valence-corrected chi connectivity index (χ4v) is 6.83. The lowest BCUT2D eigenvalue weighted by molar-refractivity contribution is -0.145. The number of fused-ring (bicyclic) bond motifs is 2. The summed E-state index contributed by atoms with van der Waals surface area (Å²) in [5, 5.41) is 0. The summed E-state index contributed by atoms with van der Waals surface area (Å²) in [7, 11) is 0. The Bertz CT molecular complexity index is 898. The third kappa shape index (κ3) is 3.82. The van der Waals surface area contributed by atoms with Gasteiger partial charge in [-0.1, -0.05) is 30.2 Å². The molecule has 168 valence electrons. The molecule has 1 aromatic carbocycles. The Morgan fingerprint density at radius 2 is 1.90 bits per heavy atom. The highest BCUT2D eigenvalue weighted by Gasteiger charge is 2.53. The predicted octanol–water partition coefficient (Wildman–Crippen LogP) is 4.88. The summed E-state index contributed by atoms with van der Waals surface area (Å²) in [5.74, 6) is 0.483. The number of hydrogen-bond acceptors (Lipinski definition) is 4. The van der Waals surface area contributed by atoms with Gasteiger partial charge in [0.05, 0.1) is 5.92 Å². The first-order valence-electron chi connectivity index (χ1n) is 12.3. The van der Waals surface area contributed by atoms with Gasteiger partial charge < -0.3 is 9.64 Å². The van der Waals surface area contributed by atoms with Crippen molar-refractivity contribution in [2.75, 3.05) is 37.6 Å². The Labute approximate surface area is 187 Å². The van der Waals surface area contributed by atoms with Crippen LogP contribution in [0.4, 0.5) is 5.69 Å². The molecule has 4 heteroatoms. The molecule has 4 atom stereocenters. The molecular formula is C27H38N2O2. The average Bonchev–Trinajstić information content (AvgIpc) is 3.02. The van der Waals surface area contributed by atoms with Gasteiger partial charge in [0.2, 0.25) is 0 Å². The molecule has 2 saturated heterocycles. The number of carbonyl (C=O) groups excluding carboxylic acids is 1. The number of ether oxygens (including phenoxy) is 1. The molecule has 1 aromatic rings. The van der Waals surface area contributed by atoms with Gasteiger partial charge >= 0.3 is 5.97 Å². The van der Waals surface area contributed by atoms with Crippen LogP contribution in [0, 0.1) is 31.1 Å². The molecule has 4 nitrogen and oxygen atoms in total. The van der Waals surface area contributed by atoms with E-state index in [1.807, 2.05) is 0 Å². The van der Waals surface area contributed by atoms with E-state index in [0.717, 1.165) is 45.6 Å². The van der Waals surface area contributed by atoms with Gasteiger partial charge in [0, 0.05) is 44.3 Å². The molecular weight excluding hydrogens is 384 g/mol. The molecule has 5 rings (SSSR count). The maximum Gasteiger partial charge on any atom is 0.310 e. The Hall–Kier alpha value is -1.81. The zero-order valence-electron chi connectivity index (χ0n) is 19.7. The maximum absolute atomic E-state index is 12.9. The lowest BCUT2D eigenvalue weighted by Gasteiger charge is -2.46. The Morgan fingerprint density at radius 3 is 2.68 bits per heavy atom. The van der Waals surface area contributed by atoms with Crippen molar-refractivity contribution in [3.8, 4) is 0 Å². The quantitative estimate of drug-likeness (QED) is 0.513. The minimum Gasteiger partial charge on any atom is -0.462 e. The molecule has 2 aliphatic heterocycles. The molecule has 0 aromatic heterocycles. The van der Waals surface area contributed by atoms with Crippen LogP contribution < -0.4 is 4.90 Å². The van der Waals surface area contributed by atoms with Gasteiger partial charge in [0.15, 0.2) is 0 Å². The zero-order valence-corrected chi connectivity index (χ0v) is 19.7. The first kappa shape index (κ1) is 21.1. The maximum atomic E-state index is 12.9. The predicted molar refractivity (Wildman–Crippen MR) is 125 cm³/mol. The average molecular weight is 423 g/mol. The van der Waals surface area contributed by atoms with Crippen molar-refractivity contribution in [2.24, 2.45) is 17.3 Å². The monoisotopic (exact) mass is 422 g/mol. The number of esters is 1. The first-order valence-corrected chi connectivity index (χ1v) is 12.3. The molecule has 0 amide bonds. The Balaban J connectivity index is 1.25. The molecule has 3 fully saturated rings. The molecule has 1 saturated carbocycles. The minimum atomic E-state index is 0.0454. The normalized spacial score (nSPS) is 33.9. The van der Waals surface area contributed by atoms with E-state index in [2.05, 4.69) is 55.7 Å². The number of piperazine rings is 1. The van der Waals surface area contributed by atoms with Crippen LogP contribution in [0.15, 0.2) is 29.3 Å². The van der Waals surface area contributed by atoms with Crippen LogP contribution in [-0.2, 0) is 9.53 Å². The highest BCUT2D eigenvalue weighted by molar-refractivity contribution is 5.76. The van der Waals surface area contributed by atoms with Crippen molar-refractivity contribution in [2.45, 2.75) is 65.9 Å². The SMILES string of the molecule is CC1=C2C[C@H]3[C@@H](C[C@@]2(C)CCC1)OC(=O)[C@@H]3CN1CCN(c2cc(C)ccc2C)CC1. The third-order valence-electron chi connectivity index (χ3n) is 8.71. The van der Waals surface area contributed by atoms with E-state index in [1.165, 1.54) is 36.1 Å². The van der Waals surface area contributed by atoms with Gasteiger partial charge in [0.25, 0.3) is 0 Å². The smallest absolute Gasteiger partial charge is 0.310 e. The highest BCUT2D eigenvalue weighted by Crippen LogP contribution is 2.55. The first-order chi connectivity index (χ1) is 14.8. The van der Waals surface area contributed by atoms with Crippen molar-refractivity contribution in [1.29, 1.82) is 0 Å². The van der Waals surface area contributed by atoms with E-state index >= 15 is 0 Å². The highest BCUT2D eigenvalue weighted by atomic mass is 16.6. The van der Waals surface area contributed by atoms with Crippen LogP contribution in [0.5, 0.6) is 0 Å². The Morgan fingerprint density at radius 1 is 1.13 bits per heavy atom. The second kappa shape index (κ2) is 7.95. The van der Waals surface area contributed by atoms with Crippen LogP contribution in [0.2, 0.25) is 0 Å². The lowest BCUT2D eigenvalue weighted by Crippen LogP contribution is -2.49. The second-order valence-electron chi connectivity index (χ2n) is 10.9. The van der Waals surface area contributed by atoms with E-state index < -0.39 is 0 Å². The number of hydrogen-bond donors (Lipinski definition) is 0. The van der Waals surface area contributed by atoms with Gasteiger partial charge in [-0.2, -0.15) is 0 Å². The Kier molecular flexibility index (Phi) is 5.40. The van der Waals surface area contributed by atoms with E-state index in [0.29, 0.717) is 5.92 Å². The van der Waals surface area contributed by atoms with Crippen LogP contribution in [-0.4, -0.2) is 49.7 Å². The zero-order chi connectivity index (χ0) is 21.8. The molecule has 0 radical (unpaired) electrons. The van der Waals surface area contributed by atoms with Gasteiger partial charge in [-0.05, 0) is 75.5 Å². The lowest BCUT2D eigenvalue weighted by atomic mass is 9.59. The van der Waals surface area contributed by atoms with Gasteiger partial charge in [-0.3, -0.25) is 9.69 Å². The molecule has 0 spiro atoms. The van der Waals surface area contributed by atoms with Crippen molar-refractivity contribution in [1.82, 2.24) is 4.90 Å². The number of benzene rings is 1.